The number of nitriles is 2. The molecule has 114 valence electrons. The van der Waals surface area contributed by atoms with E-state index in [1.807, 2.05) is 12.1 Å². The van der Waals surface area contributed by atoms with Gasteiger partial charge in [-0.2, -0.15) is 10.5 Å². The molecule has 0 saturated heterocycles. The van der Waals surface area contributed by atoms with Crippen molar-refractivity contribution in [2.45, 2.75) is 0 Å². The van der Waals surface area contributed by atoms with Gasteiger partial charge in [-0.1, -0.05) is 24.3 Å². The molecule has 24 heavy (non-hydrogen) atoms. The molecule has 0 unspecified atom stereocenters. The lowest BCUT2D eigenvalue weighted by atomic mass is 9.96. The summed E-state index contributed by atoms with van der Waals surface area (Å²) in [6, 6.07) is 19.1. The van der Waals surface area contributed by atoms with Crippen molar-refractivity contribution in [3.63, 3.8) is 0 Å². The lowest BCUT2D eigenvalue weighted by Gasteiger charge is -2.10. The van der Waals surface area contributed by atoms with Gasteiger partial charge in [0.1, 0.15) is 11.6 Å². The van der Waals surface area contributed by atoms with Crippen LogP contribution in [0.25, 0.3) is 22.3 Å². The smallest absolute Gasteiger partial charge is 0.133 e. The molecule has 0 N–H and O–H groups in total. The van der Waals surface area contributed by atoms with Crippen LogP contribution in [0.5, 0.6) is 0 Å². The van der Waals surface area contributed by atoms with Gasteiger partial charge in [0, 0.05) is 17.2 Å². The summed E-state index contributed by atoms with van der Waals surface area (Å²) in [6.45, 7) is 0. The normalized spacial score (nSPS) is 10.0. The fraction of sp³-hybridized carbons (Fsp3) is 0. The minimum atomic E-state index is -0.706. The summed E-state index contributed by atoms with van der Waals surface area (Å²) in [5.41, 5.74) is 2.17. The lowest BCUT2D eigenvalue weighted by molar-refractivity contribution is 0.588. The molecule has 0 fully saturated rings. The molecular formula is C20H10F2N2. The van der Waals surface area contributed by atoms with Crippen LogP contribution in [0.2, 0.25) is 0 Å². The minimum absolute atomic E-state index is 0.200. The monoisotopic (exact) mass is 316 g/mol. The fourth-order valence-electron chi connectivity index (χ4n) is 2.50. The molecule has 0 aliphatic heterocycles. The van der Waals surface area contributed by atoms with E-state index in [4.69, 9.17) is 10.5 Å². The zero-order valence-electron chi connectivity index (χ0n) is 12.4. The number of benzene rings is 3. The van der Waals surface area contributed by atoms with Crippen LogP contribution in [0.3, 0.4) is 0 Å². The summed E-state index contributed by atoms with van der Waals surface area (Å²) in [5.74, 6) is -1.41. The minimum Gasteiger partial charge on any atom is -0.206 e. The molecule has 3 aromatic carbocycles. The summed E-state index contributed by atoms with van der Waals surface area (Å²) in [6.07, 6.45) is 0. The van der Waals surface area contributed by atoms with E-state index in [2.05, 4.69) is 0 Å². The third-order valence-electron chi connectivity index (χ3n) is 3.66. The molecular weight excluding hydrogens is 306 g/mol. The quantitative estimate of drug-likeness (QED) is 0.665. The van der Waals surface area contributed by atoms with E-state index in [0.29, 0.717) is 22.3 Å². The van der Waals surface area contributed by atoms with Gasteiger partial charge in [-0.05, 0) is 41.5 Å². The molecule has 3 aromatic rings. The summed E-state index contributed by atoms with van der Waals surface area (Å²) < 4.78 is 28.5. The molecule has 3 rings (SSSR count). The molecule has 0 spiro atoms. The first-order valence-corrected chi connectivity index (χ1v) is 7.12. The third-order valence-corrected chi connectivity index (χ3v) is 3.66. The third kappa shape index (κ3) is 2.86. The lowest BCUT2D eigenvalue weighted by Crippen LogP contribution is -1.92. The Labute approximate surface area is 137 Å². The van der Waals surface area contributed by atoms with E-state index >= 15 is 0 Å². The Bertz CT molecular complexity index is 932. The molecule has 0 saturated carbocycles. The number of rotatable bonds is 2. The predicted octanol–water partition coefficient (Wildman–Crippen LogP) is 5.04. The molecule has 4 heteroatoms. The van der Waals surface area contributed by atoms with E-state index in [-0.39, 0.29) is 11.1 Å². The van der Waals surface area contributed by atoms with Crippen LogP contribution in [0.4, 0.5) is 8.78 Å². The fourth-order valence-corrected chi connectivity index (χ4v) is 2.50. The first kappa shape index (κ1) is 15.4. The summed E-state index contributed by atoms with van der Waals surface area (Å²) >= 11 is 0. The summed E-state index contributed by atoms with van der Waals surface area (Å²) in [4.78, 5) is 0. The van der Waals surface area contributed by atoms with Crippen molar-refractivity contribution in [2.75, 3.05) is 0 Å². The maximum absolute atomic E-state index is 14.2. The first-order valence-electron chi connectivity index (χ1n) is 7.12. The average Bonchev–Trinajstić information content (AvgIpc) is 2.62. The van der Waals surface area contributed by atoms with Crippen molar-refractivity contribution in [1.82, 2.24) is 0 Å². The van der Waals surface area contributed by atoms with Crippen molar-refractivity contribution >= 4 is 0 Å². The maximum Gasteiger partial charge on any atom is 0.133 e. The van der Waals surface area contributed by atoms with Gasteiger partial charge in [-0.25, -0.2) is 8.78 Å². The molecule has 0 heterocycles. The largest absolute Gasteiger partial charge is 0.206 e. The molecule has 0 radical (unpaired) electrons. The molecule has 0 amide bonds. The Morgan fingerprint density at radius 2 is 1.08 bits per heavy atom. The first-order chi connectivity index (χ1) is 11.6. The highest BCUT2D eigenvalue weighted by Gasteiger charge is 2.14. The Morgan fingerprint density at radius 1 is 0.625 bits per heavy atom. The molecule has 0 bridgehead atoms. The van der Waals surface area contributed by atoms with Gasteiger partial charge in [0.05, 0.1) is 23.3 Å². The Kier molecular flexibility index (Phi) is 4.05. The Hall–Kier alpha value is -3.50. The summed E-state index contributed by atoms with van der Waals surface area (Å²) in [5, 5.41) is 18.0. The van der Waals surface area contributed by atoms with Crippen molar-refractivity contribution in [1.29, 1.82) is 10.5 Å². The van der Waals surface area contributed by atoms with E-state index in [1.54, 1.807) is 48.5 Å². The zero-order valence-corrected chi connectivity index (χ0v) is 12.4. The number of halogens is 2. The van der Waals surface area contributed by atoms with Crippen molar-refractivity contribution in [3.05, 3.63) is 83.4 Å². The van der Waals surface area contributed by atoms with Gasteiger partial charge in [0.2, 0.25) is 0 Å². The van der Waals surface area contributed by atoms with Crippen LogP contribution < -0.4 is 0 Å². The van der Waals surface area contributed by atoms with Crippen LogP contribution in [0.1, 0.15) is 11.1 Å². The average molecular weight is 316 g/mol. The van der Waals surface area contributed by atoms with E-state index in [1.165, 1.54) is 6.07 Å². The van der Waals surface area contributed by atoms with Gasteiger partial charge in [0.15, 0.2) is 0 Å². The van der Waals surface area contributed by atoms with Crippen LogP contribution in [0.15, 0.2) is 60.7 Å². The Morgan fingerprint density at radius 3 is 1.50 bits per heavy atom. The molecule has 2 nitrogen and oxygen atoms in total. The van der Waals surface area contributed by atoms with E-state index in [0.717, 1.165) is 6.07 Å². The van der Waals surface area contributed by atoms with E-state index < -0.39 is 11.6 Å². The highest BCUT2D eigenvalue weighted by atomic mass is 19.1. The standard InChI is InChI=1S/C20H10F2N2/c21-19-10-20(22)18(16-6-2-4-14(8-16)12-24)9-17(19)15-5-1-3-13(7-15)11-23/h1-10H. The molecule has 0 aromatic heterocycles. The number of hydrogen-bond donors (Lipinski definition) is 0. The number of hydrogen-bond acceptors (Lipinski definition) is 2. The van der Waals surface area contributed by atoms with Crippen LogP contribution in [-0.2, 0) is 0 Å². The maximum atomic E-state index is 14.2. The predicted molar refractivity (Wildman–Crippen MR) is 86.7 cm³/mol. The van der Waals surface area contributed by atoms with Crippen molar-refractivity contribution in [2.24, 2.45) is 0 Å². The van der Waals surface area contributed by atoms with Gasteiger partial charge < -0.3 is 0 Å². The SMILES string of the molecule is N#Cc1cccc(-c2cc(-c3cccc(C#N)c3)c(F)cc2F)c1. The highest BCUT2D eigenvalue weighted by Crippen LogP contribution is 2.32. The second kappa shape index (κ2) is 6.32. The highest BCUT2D eigenvalue weighted by molar-refractivity contribution is 5.75. The van der Waals surface area contributed by atoms with Gasteiger partial charge in [-0.15, -0.1) is 0 Å². The molecule has 0 aliphatic rings. The topological polar surface area (TPSA) is 47.6 Å². The van der Waals surface area contributed by atoms with E-state index in [9.17, 15) is 8.78 Å². The van der Waals surface area contributed by atoms with Crippen LogP contribution >= 0.6 is 0 Å². The molecule has 0 aliphatic carbocycles. The van der Waals surface area contributed by atoms with Gasteiger partial charge in [-0.3, -0.25) is 0 Å². The second-order valence-corrected chi connectivity index (χ2v) is 5.20. The zero-order chi connectivity index (χ0) is 17.1. The molecule has 0 atom stereocenters. The van der Waals surface area contributed by atoms with Gasteiger partial charge >= 0.3 is 0 Å². The van der Waals surface area contributed by atoms with Crippen molar-refractivity contribution < 1.29 is 8.78 Å². The van der Waals surface area contributed by atoms with Gasteiger partial charge in [0.25, 0.3) is 0 Å². The van der Waals surface area contributed by atoms with Crippen LogP contribution in [-0.4, -0.2) is 0 Å². The van der Waals surface area contributed by atoms with Crippen LogP contribution in [0, 0.1) is 34.3 Å². The summed E-state index contributed by atoms with van der Waals surface area (Å²) in [7, 11) is 0. The Balaban J connectivity index is 2.19. The number of nitrogens with zero attached hydrogens (tertiary/aromatic N) is 2. The van der Waals surface area contributed by atoms with Crippen molar-refractivity contribution in [3.8, 4) is 34.4 Å². The second-order valence-electron chi connectivity index (χ2n) is 5.20.